The van der Waals surface area contributed by atoms with E-state index in [-0.39, 0.29) is 29.7 Å². The standard InChI is InChI=1S/C31H35FN4O/c1-20-26-19-33-36(25-14-12-24(32)13-15-25)29(26)18-23-11-10-22(30(20)23)17-27(21-7-4-3-5-8-21)34-31(37)28-9-6-16-35(28)2/h3-5,7-8,12-15,18-20,22,27-28,33H,6,9-11,16-17H2,1-2H3,(H,34,37)/t20-,22+,27?,28-/m0/s1. The number of likely N-dealkylation sites (tertiary alicyclic amines) is 1. The maximum absolute atomic E-state index is 13.5. The number of hydrazine groups is 1. The highest BCUT2D eigenvalue weighted by Crippen LogP contribution is 2.49. The lowest BCUT2D eigenvalue weighted by Crippen LogP contribution is -2.43. The van der Waals surface area contributed by atoms with Gasteiger partial charge in [0.05, 0.1) is 23.5 Å². The molecule has 0 saturated carbocycles. The molecule has 1 fully saturated rings. The number of hydrogen-bond donors (Lipinski definition) is 2. The Hall–Kier alpha value is -3.38. The Bertz CT molecular complexity index is 1270. The number of anilines is 1. The minimum Gasteiger partial charge on any atom is -0.348 e. The van der Waals surface area contributed by atoms with Crippen molar-refractivity contribution in [1.82, 2.24) is 15.6 Å². The first-order valence-electron chi connectivity index (χ1n) is 13.5. The molecule has 4 atom stereocenters. The molecular formula is C31H35FN4O. The minimum absolute atomic E-state index is 0.0106. The Kier molecular flexibility index (Phi) is 6.37. The van der Waals surface area contributed by atoms with E-state index < -0.39 is 0 Å². The zero-order valence-electron chi connectivity index (χ0n) is 21.6. The molecule has 5 nitrogen and oxygen atoms in total. The summed E-state index contributed by atoms with van der Waals surface area (Å²) in [5.41, 5.74) is 10.8. The molecule has 0 spiro atoms. The van der Waals surface area contributed by atoms with Crippen LogP contribution in [0.5, 0.6) is 0 Å². The van der Waals surface area contributed by atoms with Gasteiger partial charge in [-0.15, -0.1) is 0 Å². The van der Waals surface area contributed by atoms with Gasteiger partial charge in [-0.25, -0.2) is 4.39 Å². The molecule has 1 amide bonds. The van der Waals surface area contributed by atoms with E-state index in [2.05, 4.69) is 66.2 Å². The monoisotopic (exact) mass is 498 g/mol. The van der Waals surface area contributed by atoms with Crippen LogP contribution in [0, 0.1) is 17.7 Å². The van der Waals surface area contributed by atoms with Crippen LogP contribution in [0.15, 0.2) is 89.3 Å². The number of nitrogens with one attached hydrogen (secondary N) is 2. The highest BCUT2D eigenvalue weighted by Gasteiger charge is 2.39. The fourth-order valence-electron chi connectivity index (χ4n) is 6.72. The first-order valence-corrected chi connectivity index (χ1v) is 13.5. The van der Waals surface area contributed by atoms with Crippen molar-refractivity contribution in [2.24, 2.45) is 11.8 Å². The van der Waals surface area contributed by atoms with Gasteiger partial charge in [0.1, 0.15) is 5.82 Å². The van der Waals surface area contributed by atoms with Crippen molar-refractivity contribution in [2.75, 3.05) is 18.6 Å². The summed E-state index contributed by atoms with van der Waals surface area (Å²) in [5, 5.41) is 5.49. The molecule has 0 aromatic heterocycles. The number of likely N-dealkylation sites (N-methyl/N-ethyl adjacent to an activating group) is 1. The van der Waals surface area contributed by atoms with Gasteiger partial charge in [-0.1, -0.05) is 42.8 Å². The second-order valence-corrected chi connectivity index (χ2v) is 10.9. The van der Waals surface area contributed by atoms with Crippen LogP contribution < -0.4 is 15.8 Å². The van der Waals surface area contributed by atoms with E-state index in [0.717, 1.165) is 50.0 Å². The summed E-state index contributed by atoms with van der Waals surface area (Å²) in [6, 6.07) is 17.0. The van der Waals surface area contributed by atoms with Crippen LogP contribution in [-0.2, 0) is 4.79 Å². The molecule has 4 aliphatic rings. The molecule has 1 saturated heterocycles. The smallest absolute Gasteiger partial charge is 0.237 e. The molecule has 2 heterocycles. The molecule has 2 aliphatic carbocycles. The number of amides is 1. The summed E-state index contributed by atoms with van der Waals surface area (Å²) in [6.07, 6.45) is 9.45. The number of hydrogen-bond acceptors (Lipinski definition) is 4. The third kappa shape index (κ3) is 4.48. The van der Waals surface area contributed by atoms with E-state index in [4.69, 9.17) is 0 Å². The van der Waals surface area contributed by atoms with Gasteiger partial charge < -0.3 is 10.7 Å². The van der Waals surface area contributed by atoms with Crippen molar-refractivity contribution in [3.05, 3.63) is 101 Å². The van der Waals surface area contributed by atoms with Gasteiger partial charge in [-0.05, 0) is 93.1 Å². The maximum Gasteiger partial charge on any atom is 0.237 e. The minimum atomic E-state index is -0.231. The number of rotatable bonds is 6. The van der Waals surface area contributed by atoms with E-state index in [9.17, 15) is 9.18 Å². The van der Waals surface area contributed by atoms with Gasteiger partial charge in [0.2, 0.25) is 5.91 Å². The van der Waals surface area contributed by atoms with E-state index in [0.29, 0.717) is 5.92 Å². The topological polar surface area (TPSA) is 47.6 Å². The number of halogens is 1. The van der Waals surface area contributed by atoms with E-state index >= 15 is 0 Å². The normalized spacial score (nSPS) is 25.8. The average molecular weight is 499 g/mol. The van der Waals surface area contributed by atoms with Crippen molar-refractivity contribution in [3.63, 3.8) is 0 Å². The predicted octanol–water partition coefficient (Wildman–Crippen LogP) is 5.62. The van der Waals surface area contributed by atoms with E-state index in [1.807, 2.05) is 11.1 Å². The van der Waals surface area contributed by atoms with E-state index in [1.54, 1.807) is 12.1 Å². The van der Waals surface area contributed by atoms with Crippen molar-refractivity contribution in [3.8, 4) is 0 Å². The fourth-order valence-corrected chi connectivity index (χ4v) is 6.72. The Morgan fingerprint density at radius 2 is 1.92 bits per heavy atom. The number of fused-ring (bicyclic) bond motifs is 1. The molecule has 192 valence electrons. The lowest BCUT2D eigenvalue weighted by molar-refractivity contribution is -0.125. The first kappa shape index (κ1) is 24.0. The van der Waals surface area contributed by atoms with Gasteiger partial charge in [-0.2, -0.15) is 0 Å². The van der Waals surface area contributed by atoms with Crippen LogP contribution in [0.4, 0.5) is 10.1 Å². The summed E-state index contributed by atoms with van der Waals surface area (Å²) in [6.45, 7) is 3.28. The molecule has 0 bridgehead atoms. The molecule has 2 N–H and O–H groups in total. The highest BCUT2D eigenvalue weighted by atomic mass is 19.1. The Morgan fingerprint density at radius 3 is 2.65 bits per heavy atom. The Balaban J connectivity index is 1.26. The molecule has 2 aromatic rings. The molecule has 2 aliphatic heterocycles. The summed E-state index contributed by atoms with van der Waals surface area (Å²) in [4.78, 5) is 15.5. The van der Waals surface area contributed by atoms with Crippen LogP contribution in [0.25, 0.3) is 0 Å². The Labute approximate surface area is 218 Å². The second kappa shape index (κ2) is 9.82. The van der Waals surface area contributed by atoms with Crippen LogP contribution in [0.1, 0.15) is 50.6 Å². The van der Waals surface area contributed by atoms with Gasteiger partial charge >= 0.3 is 0 Å². The zero-order valence-corrected chi connectivity index (χ0v) is 21.6. The first-order chi connectivity index (χ1) is 18.0. The lowest BCUT2D eigenvalue weighted by atomic mass is 9.78. The third-order valence-corrected chi connectivity index (χ3v) is 8.65. The van der Waals surface area contributed by atoms with Crippen LogP contribution in [0.3, 0.4) is 0 Å². The van der Waals surface area contributed by atoms with Crippen molar-refractivity contribution in [1.29, 1.82) is 0 Å². The number of allylic oxidation sites excluding steroid dienone is 4. The van der Waals surface area contributed by atoms with Gasteiger partial charge in [0, 0.05) is 17.7 Å². The lowest BCUT2D eigenvalue weighted by Gasteiger charge is -2.32. The van der Waals surface area contributed by atoms with Gasteiger partial charge in [-0.3, -0.25) is 14.7 Å². The van der Waals surface area contributed by atoms with Crippen LogP contribution >= 0.6 is 0 Å². The predicted molar refractivity (Wildman–Crippen MR) is 145 cm³/mol. The second-order valence-electron chi connectivity index (χ2n) is 10.9. The summed E-state index contributed by atoms with van der Waals surface area (Å²) >= 11 is 0. The van der Waals surface area contributed by atoms with Crippen LogP contribution in [-0.4, -0.2) is 30.4 Å². The summed E-state index contributed by atoms with van der Waals surface area (Å²) < 4.78 is 13.5. The van der Waals surface area contributed by atoms with Crippen molar-refractivity contribution >= 4 is 11.6 Å². The van der Waals surface area contributed by atoms with Crippen molar-refractivity contribution < 1.29 is 9.18 Å². The number of carbonyl (C=O) groups excluding carboxylic acids is 1. The quantitative estimate of drug-likeness (QED) is 0.543. The molecule has 0 radical (unpaired) electrons. The summed E-state index contributed by atoms with van der Waals surface area (Å²) in [7, 11) is 2.05. The van der Waals surface area contributed by atoms with Gasteiger partial charge in [0.25, 0.3) is 0 Å². The molecule has 6 heteroatoms. The molecular weight excluding hydrogens is 463 g/mol. The molecule has 37 heavy (non-hydrogen) atoms. The highest BCUT2D eigenvalue weighted by molar-refractivity contribution is 5.82. The SMILES string of the molecule is C[C@H]1C2=CNN(c3ccc(F)cc3)C2=CC2=C1[C@@H](CC(NC(=O)[C@@H]1CCCN1C)c1ccccc1)CC2. The van der Waals surface area contributed by atoms with Crippen LogP contribution in [0.2, 0.25) is 0 Å². The number of nitrogens with zero attached hydrogens (tertiary/aromatic N) is 2. The average Bonchev–Trinajstić information content (AvgIpc) is 3.64. The van der Waals surface area contributed by atoms with Crippen molar-refractivity contribution in [2.45, 2.75) is 51.1 Å². The largest absolute Gasteiger partial charge is 0.348 e. The third-order valence-electron chi connectivity index (χ3n) is 8.65. The number of benzene rings is 2. The summed E-state index contributed by atoms with van der Waals surface area (Å²) in [5.74, 6) is 0.617. The Morgan fingerprint density at radius 1 is 1.14 bits per heavy atom. The molecule has 6 rings (SSSR count). The van der Waals surface area contributed by atoms with E-state index in [1.165, 1.54) is 34.4 Å². The fraction of sp³-hybridized carbons (Fsp3) is 0.387. The molecule has 1 unspecified atom stereocenters. The number of carbonyl (C=O) groups is 1. The molecule has 2 aromatic carbocycles. The zero-order chi connectivity index (χ0) is 25.5. The maximum atomic E-state index is 13.5. The van der Waals surface area contributed by atoms with Gasteiger partial charge in [0.15, 0.2) is 0 Å².